The highest BCUT2D eigenvalue weighted by Crippen LogP contribution is 2.42. The molecular formula is C19H15F3N6O2. The van der Waals surface area contributed by atoms with Crippen LogP contribution in [-0.2, 0) is 6.18 Å². The predicted octanol–water partition coefficient (Wildman–Crippen LogP) is 4.80. The Hall–Kier alpha value is -3.89. The highest BCUT2D eigenvalue weighted by molar-refractivity contribution is 5.90. The molecule has 1 unspecified atom stereocenters. The molecule has 2 aromatic carbocycles. The number of nitrogens with one attached hydrogen (secondary N) is 1. The van der Waals surface area contributed by atoms with Crippen LogP contribution in [0.15, 0.2) is 58.8 Å². The first-order valence-electron chi connectivity index (χ1n) is 8.79. The Morgan fingerprint density at radius 1 is 1.13 bits per heavy atom. The lowest BCUT2D eigenvalue weighted by molar-refractivity contribution is -0.138. The van der Waals surface area contributed by atoms with Gasteiger partial charge in [0.15, 0.2) is 17.3 Å². The molecule has 8 nitrogen and oxygen atoms in total. The number of phenols is 1. The number of nitrogens with two attached hydrogens (primary N) is 1. The largest absolute Gasteiger partial charge is 0.508 e. The zero-order valence-electron chi connectivity index (χ0n) is 15.3. The van der Waals surface area contributed by atoms with Crippen molar-refractivity contribution in [1.29, 1.82) is 0 Å². The molecular weight excluding hydrogens is 401 g/mol. The van der Waals surface area contributed by atoms with E-state index in [1.54, 1.807) is 0 Å². The molecule has 4 rings (SSSR count). The van der Waals surface area contributed by atoms with E-state index in [1.807, 2.05) is 0 Å². The second-order valence-corrected chi connectivity index (χ2v) is 6.59. The van der Waals surface area contributed by atoms with Gasteiger partial charge in [0.25, 0.3) is 5.91 Å². The van der Waals surface area contributed by atoms with Crippen LogP contribution in [-0.4, -0.2) is 20.8 Å². The normalized spacial score (nSPS) is 16.5. The first-order chi connectivity index (χ1) is 14.2. The number of anilines is 2. The Labute approximate surface area is 167 Å². The van der Waals surface area contributed by atoms with Gasteiger partial charge in [0.1, 0.15) is 5.75 Å². The number of carbonyl (C=O) groups excluding carboxylic acids is 1. The van der Waals surface area contributed by atoms with Crippen molar-refractivity contribution < 1.29 is 23.1 Å². The van der Waals surface area contributed by atoms with Crippen molar-refractivity contribution in [2.45, 2.75) is 18.6 Å². The molecule has 0 aliphatic carbocycles. The number of fused-ring (bicyclic) bond motifs is 1. The molecule has 3 aromatic rings. The number of aromatic nitrogens is 2. The molecule has 1 aliphatic rings. The monoisotopic (exact) mass is 416 g/mol. The van der Waals surface area contributed by atoms with E-state index in [9.17, 15) is 23.1 Å². The lowest BCUT2D eigenvalue weighted by Crippen LogP contribution is -2.29. The number of nitrogens with zero attached hydrogens (tertiary/aromatic N) is 4. The molecule has 0 saturated heterocycles. The first kappa shape index (κ1) is 19.4. The zero-order chi connectivity index (χ0) is 21.5. The fourth-order valence-electron chi connectivity index (χ4n) is 3.19. The number of hydrogen-bond donors (Lipinski definition) is 3. The maximum Gasteiger partial charge on any atom is 0.416 e. The number of halogens is 3. The van der Waals surface area contributed by atoms with Gasteiger partial charge in [-0.05, 0) is 35.9 Å². The maximum atomic E-state index is 13.4. The average Bonchev–Trinajstić information content (AvgIpc) is 3.03. The van der Waals surface area contributed by atoms with Gasteiger partial charge in [-0.15, -0.1) is 10.2 Å². The quantitative estimate of drug-likeness (QED) is 0.530. The number of benzene rings is 2. The van der Waals surface area contributed by atoms with Crippen molar-refractivity contribution in [3.8, 4) is 5.75 Å². The molecule has 1 atom stereocenters. The minimum Gasteiger partial charge on any atom is -0.508 e. The number of hydrogen-bond acceptors (Lipinski definition) is 7. The van der Waals surface area contributed by atoms with E-state index in [1.165, 1.54) is 42.5 Å². The SMILES string of the molecule is Nc1nn2c(c1N=Nc1ccc(O)cc1)NC(c1ccccc1C(F)(F)F)CC2=O. The predicted molar refractivity (Wildman–Crippen MR) is 102 cm³/mol. The van der Waals surface area contributed by atoms with Crippen LogP contribution in [0.4, 0.5) is 36.2 Å². The molecule has 2 heterocycles. The summed E-state index contributed by atoms with van der Waals surface area (Å²) in [5, 5.41) is 24.1. The third-order valence-corrected chi connectivity index (χ3v) is 4.57. The van der Waals surface area contributed by atoms with Crippen molar-refractivity contribution in [3.63, 3.8) is 0 Å². The van der Waals surface area contributed by atoms with E-state index >= 15 is 0 Å². The summed E-state index contributed by atoms with van der Waals surface area (Å²) in [4.78, 5) is 12.5. The van der Waals surface area contributed by atoms with Gasteiger partial charge >= 0.3 is 6.18 Å². The lowest BCUT2D eigenvalue weighted by atomic mass is 9.96. The molecule has 0 bridgehead atoms. The number of carbonyl (C=O) groups is 1. The van der Waals surface area contributed by atoms with Crippen LogP contribution in [0, 0.1) is 0 Å². The molecule has 154 valence electrons. The lowest BCUT2D eigenvalue weighted by Gasteiger charge is -2.27. The second kappa shape index (κ2) is 7.17. The summed E-state index contributed by atoms with van der Waals surface area (Å²) < 4.78 is 41.2. The smallest absolute Gasteiger partial charge is 0.416 e. The number of aromatic hydroxyl groups is 1. The molecule has 0 fully saturated rings. The molecule has 11 heteroatoms. The van der Waals surface area contributed by atoms with Crippen LogP contribution in [0.2, 0.25) is 0 Å². The number of nitrogen functional groups attached to an aromatic ring is 1. The maximum absolute atomic E-state index is 13.4. The van der Waals surface area contributed by atoms with Gasteiger partial charge in [0.05, 0.1) is 23.7 Å². The molecule has 1 aromatic heterocycles. The van der Waals surface area contributed by atoms with E-state index in [0.29, 0.717) is 5.69 Å². The van der Waals surface area contributed by atoms with Gasteiger partial charge in [-0.2, -0.15) is 23.0 Å². The third-order valence-electron chi connectivity index (χ3n) is 4.57. The highest BCUT2D eigenvalue weighted by atomic mass is 19.4. The van der Waals surface area contributed by atoms with Gasteiger partial charge in [-0.25, -0.2) is 0 Å². The summed E-state index contributed by atoms with van der Waals surface area (Å²) in [6.07, 6.45) is -4.81. The van der Waals surface area contributed by atoms with Crippen molar-refractivity contribution in [3.05, 3.63) is 59.7 Å². The molecule has 30 heavy (non-hydrogen) atoms. The van der Waals surface area contributed by atoms with E-state index in [0.717, 1.165) is 10.7 Å². The Morgan fingerprint density at radius 3 is 2.53 bits per heavy atom. The van der Waals surface area contributed by atoms with Crippen LogP contribution in [0.5, 0.6) is 5.75 Å². The summed E-state index contributed by atoms with van der Waals surface area (Å²) in [6, 6.07) is 9.94. The minimum absolute atomic E-state index is 0.0330. The van der Waals surface area contributed by atoms with Gasteiger partial charge < -0.3 is 16.2 Å². The summed E-state index contributed by atoms with van der Waals surface area (Å²) in [5.74, 6) is -0.510. The van der Waals surface area contributed by atoms with Gasteiger partial charge in [-0.1, -0.05) is 18.2 Å². The van der Waals surface area contributed by atoms with E-state index in [2.05, 4.69) is 20.6 Å². The molecule has 4 N–H and O–H groups in total. The summed E-state index contributed by atoms with van der Waals surface area (Å²) in [6.45, 7) is 0. The van der Waals surface area contributed by atoms with Crippen LogP contribution in [0.3, 0.4) is 0 Å². The number of azo groups is 1. The van der Waals surface area contributed by atoms with Crippen LogP contribution < -0.4 is 11.1 Å². The summed E-state index contributed by atoms with van der Waals surface area (Å²) in [7, 11) is 0. The molecule has 0 radical (unpaired) electrons. The highest BCUT2D eigenvalue weighted by Gasteiger charge is 2.38. The second-order valence-electron chi connectivity index (χ2n) is 6.59. The Balaban J connectivity index is 1.71. The average molecular weight is 416 g/mol. The Morgan fingerprint density at radius 2 is 1.83 bits per heavy atom. The fourth-order valence-corrected chi connectivity index (χ4v) is 3.19. The van der Waals surface area contributed by atoms with E-state index in [4.69, 9.17) is 5.73 Å². The summed E-state index contributed by atoms with van der Waals surface area (Å²) >= 11 is 0. The minimum atomic E-state index is -4.57. The van der Waals surface area contributed by atoms with Crippen molar-refractivity contribution in [2.75, 3.05) is 11.1 Å². The zero-order valence-corrected chi connectivity index (χ0v) is 15.3. The van der Waals surface area contributed by atoms with Gasteiger partial charge in [0, 0.05) is 0 Å². The van der Waals surface area contributed by atoms with Gasteiger partial charge in [0.2, 0.25) is 0 Å². The van der Waals surface area contributed by atoms with Crippen molar-refractivity contribution in [2.24, 2.45) is 10.2 Å². The van der Waals surface area contributed by atoms with E-state index < -0.39 is 23.7 Å². The Bertz CT molecular complexity index is 1140. The number of rotatable bonds is 3. The number of phenolic OH excluding ortho intramolecular Hbond substituents is 1. The first-order valence-corrected chi connectivity index (χ1v) is 8.79. The van der Waals surface area contributed by atoms with Crippen LogP contribution in [0.1, 0.15) is 28.4 Å². The van der Waals surface area contributed by atoms with Gasteiger partial charge in [-0.3, -0.25) is 4.79 Å². The van der Waals surface area contributed by atoms with Crippen molar-refractivity contribution >= 4 is 28.9 Å². The van der Waals surface area contributed by atoms with Crippen LogP contribution >= 0.6 is 0 Å². The van der Waals surface area contributed by atoms with Crippen molar-refractivity contribution in [1.82, 2.24) is 9.78 Å². The molecule has 0 amide bonds. The third kappa shape index (κ3) is 3.56. The molecule has 0 saturated carbocycles. The fraction of sp³-hybridized carbons (Fsp3) is 0.158. The standard InChI is InChI=1S/C19H15F3N6O2/c20-19(21,22)13-4-2-1-3-12(13)14-9-15(30)28-18(24-14)16(17(23)27-28)26-25-10-5-7-11(29)8-6-10/h1-8,14,24,29H,9H2,(H2,23,27). The van der Waals surface area contributed by atoms with E-state index in [-0.39, 0.29) is 35.1 Å². The van der Waals surface area contributed by atoms with Crippen LogP contribution in [0.25, 0.3) is 0 Å². The summed E-state index contributed by atoms with van der Waals surface area (Å²) in [5.41, 5.74) is 5.39. The molecule has 0 spiro atoms. The Kier molecular flexibility index (Phi) is 4.65. The topological polar surface area (TPSA) is 118 Å². The molecule has 1 aliphatic heterocycles. The number of alkyl halides is 3.